The molecule has 14 heteroatoms. The summed E-state index contributed by atoms with van der Waals surface area (Å²) in [5.74, 6) is 0.188. The van der Waals surface area contributed by atoms with E-state index in [0.717, 1.165) is 17.2 Å². The predicted octanol–water partition coefficient (Wildman–Crippen LogP) is 5.92. The maximum Gasteiger partial charge on any atom is 0.411 e. The lowest BCUT2D eigenvalue weighted by atomic mass is 10.1. The number of aromatic nitrogens is 2. The van der Waals surface area contributed by atoms with Gasteiger partial charge >= 0.3 is 18.2 Å². The van der Waals surface area contributed by atoms with Gasteiger partial charge < -0.3 is 34.1 Å². The van der Waals surface area contributed by atoms with Gasteiger partial charge in [-0.25, -0.2) is 14.6 Å². The van der Waals surface area contributed by atoms with Crippen molar-refractivity contribution in [2.24, 2.45) is 0 Å². The number of ether oxygens (including phenoxy) is 4. The molecule has 2 amide bonds. The maximum absolute atomic E-state index is 13.0. The third-order valence-electron chi connectivity index (χ3n) is 6.61. The van der Waals surface area contributed by atoms with E-state index in [4.69, 9.17) is 19.2 Å². The molecular formula is C31H42BrN5O7Si. The Hall–Kier alpha value is -3.72. The fourth-order valence-electron chi connectivity index (χ4n) is 4.11. The Morgan fingerprint density at radius 3 is 2.44 bits per heavy atom. The molecule has 0 spiro atoms. The molecule has 2 aromatic carbocycles. The molecule has 12 nitrogen and oxygen atoms in total. The first-order valence-corrected chi connectivity index (χ1v) is 19.0. The van der Waals surface area contributed by atoms with Gasteiger partial charge in [0.25, 0.3) is 0 Å². The third kappa shape index (κ3) is 12.3. The van der Waals surface area contributed by atoms with E-state index in [9.17, 15) is 14.4 Å². The summed E-state index contributed by atoms with van der Waals surface area (Å²) in [5.41, 5.74) is 2.78. The van der Waals surface area contributed by atoms with E-state index in [1.807, 2.05) is 47.2 Å². The van der Waals surface area contributed by atoms with Crippen LogP contribution in [-0.4, -0.2) is 69.7 Å². The van der Waals surface area contributed by atoms with Gasteiger partial charge in [0.1, 0.15) is 25.2 Å². The first-order valence-electron chi connectivity index (χ1n) is 14.5. The standard InChI is InChI=1S/C31H42BrN5O7Si/c1-41-28(38)13-14-33-18-26(36-31(40)44-20-22-9-7-6-8-10-22)29-35-27(19-37(29)21-43-15-16-45(3,4)5)24-12-11-23(17-25(24)32)34-30(39)42-2/h6-12,17,19,26,33H,13-16,18,20-21H2,1-5H3,(H,34,39)(H,36,40). The molecule has 45 heavy (non-hydrogen) atoms. The quantitative estimate of drug-likeness (QED) is 0.0717. The highest BCUT2D eigenvalue weighted by molar-refractivity contribution is 9.10. The minimum Gasteiger partial charge on any atom is -0.469 e. The molecule has 0 aliphatic carbocycles. The van der Waals surface area contributed by atoms with Crippen LogP contribution < -0.4 is 16.0 Å². The molecule has 1 atom stereocenters. The summed E-state index contributed by atoms with van der Waals surface area (Å²) in [5, 5.41) is 8.79. The van der Waals surface area contributed by atoms with Gasteiger partial charge in [-0.1, -0.05) is 65.9 Å². The number of hydrogen-bond donors (Lipinski definition) is 3. The number of esters is 1. The van der Waals surface area contributed by atoms with Crippen molar-refractivity contribution in [1.82, 2.24) is 20.2 Å². The smallest absolute Gasteiger partial charge is 0.411 e. The molecule has 0 saturated carbocycles. The molecule has 0 aliphatic rings. The Morgan fingerprint density at radius 2 is 1.78 bits per heavy atom. The molecule has 0 saturated heterocycles. The number of rotatable bonds is 16. The second-order valence-electron chi connectivity index (χ2n) is 11.4. The molecule has 0 bridgehead atoms. The van der Waals surface area contributed by atoms with Crippen LogP contribution in [0.3, 0.4) is 0 Å². The number of nitrogens with one attached hydrogen (secondary N) is 3. The van der Waals surface area contributed by atoms with Crippen molar-refractivity contribution in [2.75, 3.05) is 39.2 Å². The number of benzene rings is 2. The van der Waals surface area contributed by atoms with Crippen molar-refractivity contribution in [1.29, 1.82) is 0 Å². The summed E-state index contributed by atoms with van der Waals surface area (Å²) in [6, 6.07) is 15.1. The Labute approximate surface area is 273 Å². The van der Waals surface area contributed by atoms with Gasteiger partial charge in [0, 0.05) is 49.7 Å². The topological polar surface area (TPSA) is 142 Å². The SMILES string of the molecule is COC(=O)CCNCC(NC(=O)OCc1ccccc1)c1nc(-c2ccc(NC(=O)OC)cc2Br)cn1COCC[Si](C)(C)C. The highest BCUT2D eigenvalue weighted by Gasteiger charge is 2.24. The largest absolute Gasteiger partial charge is 0.469 e. The van der Waals surface area contributed by atoms with Crippen LogP contribution in [0.2, 0.25) is 25.7 Å². The normalized spacial score (nSPS) is 11.9. The lowest BCUT2D eigenvalue weighted by molar-refractivity contribution is -0.140. The third-order valence-corrected chi connectivity index (χ3v) is 8.97. The van der Waals surface area contributed by atoms with Crippen LogP contribution >= 0.6 is 15.9 Å². The highest BCUT2D eigenvalue weighted by atomic mass is 79.9. The van der Waals surface area contributed by atoms with E-state index in [1.54, 1.807) is 12.1 Å². The lowest BCUT2D eigenvalue weighted by Gasteiger charge is -2.21. The zero-order chi connectivity index (χ0) is 32.8. The monoisotopic (exact) mass is 703 g/mol. The van der Waals surface area contributed by atoms with E-state index >= 15 is 0 Å². The number of imidazole rings is 1. The first-order chi connectivity index (χ1) is 21.5. The molecule has 1 heterocycles. The van der Waals surface area contributed by atoms with Crippen LogP contribution in [-0.2, 0) is 37.1 Å². The number of carbonyl (C=O) groups excluding carboxylic acids is 3. The molecule has 3 N–H and O–H groups in total. The van der Waals surface area contributed by atoms with Gasteiger partial charge in [0.15, 0.2) is 0 Å². The van der Waals surface area contributed by atoms with E-state index in [2.05, 4.69) is 56.3 Å². The van der Waals surface area contributed by atoms with Crippen molar-refractivity contribution >= 4 is 47.8 Å². The number of halogens is 1. The fourth-order valence-corrected chi connectivity index (χ4v) is 5.44. The zero-order valence-corrected chi connectivity index (χ0v) is 28.9. The summed E-state index contributed by atoms with van der Waals surface area (Å²) in [4.78, 5) is 41.3. The van der Waals surface area contributed by atoms with Crippen LogP contribution in [0.1, 0.15) is 23.9 Å². The number of alkyl carbamates (subject to hydrolysis) is 1. The van der Waals surface area contributed by atoms with Crippen LogP contribution in [0.25, 0.3) is 11.3 Å². The molecule has 0 aliphatic heterocycles. The van der Waals surface area contributed by atoms with Crippen LogP contribution in [0, 0.1) is 0 Å². The second-order valence-corrected chi connectivity index (χ2v) is 17.9. The number of carbonyl (C=O) groups is 3. The van der Waals surface area contributed by atoms with Crippen molar-refractivity contribution in [2.45, 2.75) is 51.5 Å². The minimum absolute atomic E-state index is 0.105. The maximum atomic E-state index is 13.0. The van der Waals surface area contributed by atoms with E-state index in [-0.39, 0.29) is 32.3 Å². The van der Waals surface area contributed by atoms with Gasteiger partial charge in [0.05, 0.1) is 26.3 Å². The molecule has 0 radical (unpaired) electrons. The zero-order valence-electron chi connectivity index (χ0n) is 26.4. The van der Waals surface area contributed by atoms with E-state index in [0.29, 0.717) is 34.8 Å². The van der Waals surface area contributed by atoms with Crippen molar-refractivity contribution in [3.8, 4) is 11.3 Å². The Kier molecular flexibility index (Phi) is 14.0. The number of methoxy groups -OCH3 is 2. The highest BCUT2D eigenvalue weighted by Crippen LogP contribution is 2.31. The Balaban J connectivity index is 1.90. The summed E-state index contributed by atoms with van der Waals surface area (Å²) >= 11 is 3.59. The lowest BCUT2D eigenvalue weighted by Crippen LogP contribution is -2.38. The van der Waals surface area contributed by atoms with Crippen molar-refractivity contribution < 1.29 is 33.3 Å². The number of nitrogens with zero attached hydrogens (tertiary/aromatic N) is 2. The van der Waals surface area contributed by atoms with Crippen LogP contribution in [0.5, 0.6) is 0 Å². The van der Waals surface area contributed by atoms with Gasteiger partial charge in [-0.2, -0.15) is 0 Å². The molecule has 3 rings (SSSR count). The Morgan fingerprint density at radius 1 is 1.02 bits per heavy atom. The van der Waals surface area contributed by atoms with Gasteiger partial charge in [-0.15, -0.1) is 0 Å². The Bertz CT molecular complexity index is 1420. The van der Waals surface area contributed by atoms with Gasteiger partial charge in [-0.3, -0.25) is 10.1 Å². The van der Waals surface area contributed by atoms with Crippen molar-refractivity contribution in [3.63, 3.8) is 0 Å². The molecular weight excluding hydrogens is 662 g/mol. The van der Waals surface area contributed by atoms with Gasteiger partial charge in [0.2, 0.25) is 0 Å². The number of anilines is 1. The number of amides is 2. The summed E-state index contributed by atoms with van der Waals surface area (Å²) in [7, 11) is 1.32. The summed E-state index contributed by atoms with van der Waals surface area (Å²) in [6.45, 7) is 8.36. The first kappa shape index (κ1) is 35.8. The molecule has 244 valence electrons. The molecule has 3 aromatic rings. The predicted molar refractivity (Wildman–Crippen MR) is 178 cm³/mol. The van der Waals surface area contributed by atoms with Crippen LogP contribution in [0.15, 0.2) is 59.2 Å². The van der Waals surface area contributed by atoms with Crippen LogP contribution in [0.4, 0.5) is 15.3 Å². The minimum atomic E-state index is -1.32. The van der Waals surface area contributed by atoms with E-state index in [1.165, 1.54) is 14.2 Å². The molecule has 0 fully saturated rings. The van der Waals surface area contributed by atoms with Gasteiger partial charge in [-0.05, 0) is 29.8 Å². The summed E-state index contributed by atoms with van der Waals surface area (Å²) < 4.78 is 23.6. The second kappa shape index (κ2) is 17.7. The number of hydrogen-bond acceptors (Lipinski definition) is 9. The average Bonchev–Trinajstić information content (AvgIpc) is 3.43. The van der Waals surface area contributed by atoms with Crippen molar-refractivity contribution in [3.05, 3.63) is 70.6 Å². The van der Waals surface area contributed by atoms with E-state index < -0.39 is 26.3 Å². The fraction of sp³-hybridized carbons (Fsp3) is 0.419. The molecule has 1 unspecified atom stereocenters. The molecule has 1 aromatic heterocycles. The average molecular weight is 705 g/mol. The summed E-state index contributed by atoms with van der Waals surface area (Å²) in [6.07, 6.45) is 0.828.